The minimum atomic E-state index is -0.571. The average molecular weight is 399 g/mol. The lowest BCUT2D eigenvalue weighted by Crippen LogP contribution is -2.05. The number of hydrogen-bond acceptors (Lipinski definition) is 5. The van der Waals surface area contributed by atoms with E-state index in [4.69, 9.17) is 4.74 Å². The highest BCUT2D eigenvalue weighted by Gasteiger charge is 2.24. The lowest BCUT2D eigenvalue weighted by Gasteiger charge is -2.01. The number of carbonyl (C=O) groups is 1. The first kappa shape index (κ1) is 16.8. The molecule has 2 aromatic rings. The highest BCUT2D eigenvalue weighted by molar-refractivity contribution is 9.10. The monoisotopic (exact) mass is 398 g/mol. The number of nitro benzene ring substituents is 1. The molecule has 0 unspecified atom stereocenters. The van der Waals surface area contributed by atoms with Crippen molar-refractivity contribution in [1.82, 2.24) is 0 Å². The van der Waals surface area contributed by atoms with Crippen LogP contribution >= 0.6 is 15.9 Å². The van der Waals surface area contributed by atoms with Crippen molar-refractivity contribution < 1.29 is 14.5 Å². The number of rotatable bonds is 4. The van der Waals surface area contributed by atoms with Gasteiger partial charge in [0.1, 0.15) is 0 Å². The fraction of sp³-hybridized carbons (Fsp3) is 0. The van der Waals surface area contributed by atoms with Gasteiger partial charge in [0.25, 0.3) is 5.69 Å². The van der Waals surface area contributed by atoms with Crippen molar-refractivity contribution in [3.05, 3.63) is 92.1 Å². The van der Waals surface area contributed by atoms with E-state index in [0.29, 0.717) is 11.1 Å². The number of nitro groups is 1. The van der Waals surface area contributed by atoms with Crippen molar-refractivity contribution in [3.8, 4) is 0 Å². The lowest BCUT2D eigenvalue weighted by atomic mass is 10.1. The van der Waals surface area contributed by atoms with Crippen LogP contribution in [0.15, 0.2) is 75.8 Å². The first-order chi connectivity index (χ1) is 12.1. The summed E-state index contributed by atoms with van der Waals surface area (Å²) in [5.41, 5.74) is 1.22. The Morgan fingerprint density at radius 1 is 1.12 bits per heavy atom. The van der Waals surface area contributed by atoms with Crippen molar-refractivity contribution >= 4 is 39.6 Å². The summed E-state index contributed by atoms with van der Waals surface area (Å²) < 4.78 is 5.94. The van der Waals surface area contributed by atoms with Gasteiger partial charge in [-0.2, -0.15) is 0 Å². The summed E-state index contributed by atoms with van der Waals surface area (Å²) in [6, 6.07) is 13.6. The fourth-order valence-corrected chi connectivity index (χ4v) is 2.67. The van der Waals surface area contributed by atoms with Gasteiger partial charge in [-0.25, -0.2) is 9.79 Å². The zero-order valence-corrected chi connectivity index (χ0v) is 14.3. The molecule has 0 fully saturated rings. The molecule has 1 aliphatic heterocycles. The zero-order chi connectivity index (χ0) is 17.8. The van der Waals surface area contributed by atoms with Gasteiger partial charge in [0, 0.05) is 10.5 Å². The minimum absolute atomic E-state index is 0.0106. The topological polar surface area (TPSA) is 81.8 Å². The van der Waals surface area contributed by atoms with E-state index in [9.17, 15) is 14.9 Å². The first-order valence-electron chi connectivity index (χ1n) is 7.24. The molecule has 0 radical (unpaired) electrons. The molecule has 2 aromatic carbocycles. The Bertz CT molecular complexity index is 948. The quantitative estimate of drug-likeness (QED) is 0.333. The lowest BCUT2D eigenvalue weighted by molar-refractivity contribution is -0.385. The van der Waals surface area contributed by atoms with Gasteiger partial charge in [-0.1, -0.05) is 30.3 Å². The molecule has 0 spiro atoms. The number of allylic oxidation sites excluding steroid dienone is 2. The van der Waals surface area contributed by atoms with Crippen LogP contribution in [0.2, 0.25) is 0 Å². The smallest absolute Gasteiger partial charge is 0.363 e. The van der Waals surface area contributed by atoms with Crippen LogP contribution < -0.4 is 0 Å². The van der Waals surface area contributed by atoms with Gasteiger partial charge in [-0.05, 0) is 46.3 Å². The van der Waals surface area contributed by atoms with Crippen LogP contribution in [0.5, 0.6) is 0 Å². The number of ether oxygens (including phenoxy) is 1. The molecule has 0 atom stereocenters. The van der Waals surface area contributed by atoms with Gasteiger partial charge in [-0.3, -0.25) is 10.1 Å². The van der Waals surface area contributed by atoms with E-state index in [1.807, 2.05) is 18.2 Å². The van der Waals surface area contributed by atoms with Crippen LogP contribution in [0.3, 0.4) is 0 Å². The van der Waals surface area contributed by atoms with Crippen LogP contribution in [0.25, 0.3) is 6.08 Å². The highest BCUT2D eigenvalue weighted by atomic mass is 79.9. The number of para-hydroxylation sites is 1. The summed E-state index contributed by atoms with van der Waals surface area (Å²) in [4.78, 5) is 26.6. The number of aliphatic imine (C=N–C) groups is 1. The number of hydrogen-bond donors (Lipinski definition) is 0. The Labute approximate surface area is 151 Å². The number of carbonyl (C=O) groups excluding carboxylic acids is 1. The van der Waals surface area contributed by atoms with E-state index in [0.717, 1.165) is 4.47 Å². The summed E-state index contributed by atoms with van der Waals surface area (Å²) in [6.45, 7) is 0. The maximum Gasteiger partial charge on any atom is 0.363 e. The minimum Gasteiger partial charge on any atom is -0.402 e. The number of benzene rings is 2. The van der Waals surface area contributed by atoms with E-state index < -0.39 is 10.9 Å². The second-order valence-corrected chi connectivity index (χ2v) is 5.87. The standard InChI is InChI=1S/C18H11BrN2O4/c19-14-9-3-2-8-13(14)17-20-15(18(22)25-17)10-5-7-12-6-1-4-11-16(12)21(23)24/h1-11H/b7-5+,15-10+. The van der Waals surface area contributed by atoms with E-state index in [1.165, 1.54) is 18.2 Å². The Morgan fingerprint density at radius 2 is 1.84 bits per heavy atom. The molecule has 1 heterocycles. The Balaban J connectivity index is 1.86. The summed E-state index contributed by atoms with van der Waals surface area (Å²) in [5.74, 6) is -0.360. The van der Waals surface area contributed by atoms with Crippen molar-refractivity contribution in [2.75, 3.05) is 0 Å². The molecule has 1 aliphatic rings. The summed E-state index contributed by atoms with van der Waals surface area (Å²) in [6.07, 6.45) is 4.54. The van der Waals surface area contributed by atoms with Gasteiger partial charge in [0.2, 0.25) is 5.90 Å². The molecule has 6 nitrogen and oxygen atoms in total. The normalized spacial score (nSPS) is 15.5. The molecule has 25 heavy (non-hydrogen) atoms. The van der Waals surface area contributed by atoms with Crippen LogP contribution in [0.1, 0.15) is 11.1 Å². The molecule has 0 N–H and O–H groups in total. The first-order valence-corrected chi connectivity index (χ1v) is 8.03. The molecule has 0 aromatic heterocycles. The van der Waals surface area contributed by atoms with Crippen molar-refractivity contribution in [3.63, 3.8) is 0 Å². The molecular weight excluding hydrogens is 388 g/mol. The van der Waals surface area contributed by atoms with Crippen molar-refractivity contribution in [2.24, 2.45) is 4.99 Å². The van der Waals surface area contributed by atoms with Crippen LogP contribution in [-0.4, -0.2) is 16.8 Å². The molecule has 7 heteroatoms. The number of halogens is 1. The Kier molecular flexibility index (Phi) is 4.85. The maximum absolute atomic E-state index is 11.9. The van der Waals surface area contributed by atoms with Gasteiger partial charge in [-0.15, -0.1) is 0 Å². The van der Waals surface area contributed by atoms with Gasteiger partial charge >= 0.3 is 5.97 Å². The highest BCUT2D eigenvalue weighted by Crippen LogP contribution is 2.23. The van der Waals surface area contributed by atoms with Gasteiger partial charge in [0.15, 0.2) is 5.70 Å². The predicted octanol–water partition coefficient (Wildman–Crippen LogP) is 4.26. The summed E-state index contributed by atoms with van der Waals surface area (Å²) in [7, 11) is 0. The van der Waals surface area contributed by atoms with Gasteiger partial charge < -0.3 is 4.74 Å². The molecular formula is C18H11BrN2O4. The van der Waals surface area contributed by atoms with Crippen LogP contribution in [-0.2, 0) is 9.53 Å². The SMILES string of the molecule is O=C1OC(c2ccccc2Br)=N/C1=C/C=C/c1ccccc1[N+](=O)[O-]. The average Bonchev–Trinajstić information content (AvgIpc) is 2.96. The fourth-order valence-electron chi connectivity index (χ4n) is 2.21. The predicted molar refractivity (Wildman–Crippen MR) is 97.0 cm³/mol. The summed E-state index contributed by atoms with van der Waals surface area (Å²) >= 11 is 3.38. The number of nitrogens with zero attached hydrogens (tertiary/aromatic N) is 2. The zero-order valence-electron chi connectivity index (χ0n) is 12.8. The molecule has 0 saturated carbocycles. The Hall–Kier alpha value is -3.06. The van der Waals surface area contributed by atoms with Crippen LogP contribution in [0, 0.1) is 10.1 Å². The third kappa shape index (κ3) is 3.72. The molecule has 0 saturated heterocycles. The van der Waals surface area contributed by atoms with Crippen molar-refractivity contribution in [2.45, 2.75) is 0 Å². The van der Waals surface area contributed by atoms with E-state index in [-0.39, 0.29) is 17.3 Å². The van der Waals surface area contributed by atoms with Crippen molar-refractivity contribution in [1.29, 1.82) is 0 Å². The van der Waals surface area contributed by atoms with Gasteiger partial charge in [0.05, 0.1) is 16.1 Å². The van der Waals surface area contributed by atoms with E-state index in [2.05, 4.69) is 20.9 Å². The van der Waals surface area contributed by atoms with E-state index >= 15 is 0 Å². The number of cyclic esters (lactones) is 1. The third-order valence-electron chi connectivity index (χ3n) is 3.39. The molecule has 0 bridgehead atoms. The molecule has 3 rings (SSSR count). The Morgan fingerprint density at radius 3 is 2.60 bits per heavy atom. The largest absolute Gasteiger partial charge is 0.402 e. The summed E-state index contributed by atoms with van der Waals surface area (Å²) in [5, 5.41) is 11.0. The molecule has 0 aliphatic carbocycles. The second-order valence-electron chi connectivity index (χ2n) is 5.01. The number of esters is 1. The molecule has 124 valence electrons. The van der Waals surface area contributed by atoms with Crippen LogP contribution in [0.4, 0.5) is 5.69 Å². The molecule has 0 amide bonds. The van der Waals surface area contributed by atoms with E-state index in [1.54, 1.807) is 30.3 Å². The maximum atomic E-state index is 11.9. The second kappa shape index (κ2) is 7.23. The third-order valence-corrected chi connectivity index (χ3v) is 4.08.